The van der Waals surface area contributed by atoms with Crippen molar-refractivity contribution >= 4 is 46.4 Å². The number of nitrogens with two attached hydrogens (primary N) is 1. The Hall–Kier alpha value is -1.57. The van der Waals surface area contributed by atoms with Crippen molar-refractivity contribution in [2.24, 2.45) is 0 Å². The van der Waals surface area contributed by atoms with Crippen LogP contribution in [0.3, 0.4) is 0 Å². The van der Waals surface area contributed by atoms with Crippen LogP contribution >= 0.6 is 35.5 Å². The van der Waals surface area contributed by atoms with Gasteiger partial charge in [-0.2, -0.15) is 0 Å². The van der Waals surface area contributed by atoms with Gasteiger partial charge in [-0.15, -0.1) is 17.5 Å². The average molecular weight is 349 g/mol. The Bertz CT molecular complexity index is 608. The summed E-state index contributed by atoms with van der Waals surface area (Å²) < 4.78 is 9.15. The van der Waals surface area contributed by atoms with Crippen LogP contribution in [0, 0.1) is 0 Å². The Morgan fingerprint density at radius 1 is 1.52 bits per heavy atom. The first kappa shape index (κ1) is 17.5. The highest BCUT2D eigenvalue weighted by atomic mass is 35.5. The van der Waals surface area contributed by atoms with E-state index in [-0.39, 0.29) is 24.0 Å². The molecule has 1 aromatic heterocycles. The lowest BCUT2D eigenvalue weighted by Crippen LogP contribution is -2.31. The normalized spacial score (nSPS) is 9.81. The number of hydrogen-bond acceptors (Lipinski definition) is 6. The van der Waals surface area contributed by atoms with Gasteiger partial charge in [0.15, 0.2) is 5.69 Å². The Morgan fingerprint density at radius 3 is 2.90 bits per heavy atom. The minimum Gasteiger partial charge on any atom is -0.492 e. The highest BCUT2D eigenvalue weighted by Crippen LogP contribution is 2.17. The average Bonchev–Trinajstić information content (AvgIpc) is 2.84. The molecule has 0 aliphatic carbocycles. The maximum Gasteiger partial charge on any atom is 0.277 e. The van der Waals surface area contributed by atoms with E-state index in [4.69, 9.17) is 22.1 Å². The molecular formula is C12H14Cl2N4O2S. The summed E-state index contributed by atoms with van der Waals surface area (Å²) in [6.07, 6.45) is 0. The molecule has 2 rings (SSSR count). The molecule has 0 radical (unpaired) electrons. The molecule has 1 aromatic carbocycles. The van der Waals surface area contributed by atoms with Crippen LogP contribution < -0.4 is 10.5 Å². The molecule has 1 heterocycles. The van der Waals surface area contributed by atoms with Gasteiger partial charge in [-0.3, -0.25) is 4.79 Å². The quantitative estimate of drug-likeness (QED) is 0.896. The molecule has 6 nitrogen and oxygen atoms in total. The molecule has 0 fully saturated rings. The van der Waals surface area contributed by atoms with E-state index in [0.29, 0.717) is 28.9 Å². The van der Waals surface area contributed by atoms with Crippen LogP contribution in [0.25, 0.3) is 0 Å². The van der Waals surface area contributed by atoms with Gasteiger partial charge in [-0.25, -0.2) is 0 Å². The Balaban J connectivity index is 0.00000220. The molecule has 0 saturated heterocycles. The molecule has 0 atom stereocenters. The van der Waals surface area contributed by atoms with E-state index < -0.39 is 0 Å². The van der Waals surface area contributed by atoms with Crippen molar-refractivity contribution in [3.05, 3.63) is 35.0 Å². The van der Waals surface area contributed by atoms with E-state index in [1.165, 1.54) is 4.90 Å². The van der Waals surface area contributed by atoms with Gasteiger partial charge in [0.1, 0.15) is 17.4 Å². The van der Waals surface area contributed by atoms with Crippen molar-refractivity contribution in [2.75, 3.05) is 25.9 Å². The van der Waals surface area contributed by atoms with Gasteiger partial charge in [0.25, 0.3) is 5.91 Å². The molecule has 114 valence electrons. The SMILES string of the molecule is CN(CCOc1cccc(Cl)c1)C(=O)c1nnsc1N.Cl. The number of rotatable bonds is 5. The van der Waals surface area contributed by atoms with Crippen LogP contribution in [0.1, 0.15) is 10.5 Å². The van der Waals surface area contributed by atoms with Crippen LogP contribution in [0.5, 0.6) is 5.75 Å². The fraction of sp³-hybridized carbons (Fsp3) is 0.250. The molecule has 0 bridgehead atoms. The van der Waals surface area contributed by atoms with Gasteiger partial charge < -0.3 is 15.4 Å². The first-order chi connectivity index (χ1) is 9.58. The minimum absolute atomic E-state index is 0. The largest absolute Gasteiger partial charge is 0.492 e. The smallest absolute Gasteiger partial charge is 0.277 e. The van der Waals surface area contributed by atoms with Crippen LogP contribution in [-0.2, 0) is 0 Å². The van der Waals surface area contributed by atoms with E-state index in [0.717, 1.165) is 11.5 Å². The number of ether oxygens (including phenoxy) is 1. The van der Waals surface area contributed by atoms with E-state index in [2.05, 4.69) is 9.59 Å². The Kier molecular flexibility index (Phi) is 6.67. The van der Waals surface area contributed by atoms with Gasteiger partial charge in [-0.05, 0) is 18.2 Å². The first-order valence-corrected chi connectivity index (χ1v) is 6.94. The van der Waals surface area contributed by atoms with E-state index in [1.54, 1.807) is 31.3 Å². The van der Waals surface area contributed by atoms with Gasteiger partial charge >= 0.3 is 0 Å². The van der Waals surface area contributed by atoms with Crippen molar-refractivity contribution in [1.29, 1.82) is 0 Å². The zero-order valence-corrected chi connectivity index (χ0v) is 13.5. The number of nitrogen functional groups attached to an aromatic ring is 1. The summed E-state index contributed by atoms with van der Waals surface area (Å²) >= 11 is 6.84. The third-order valence-corrected chi connectivity index (χ3v) is 3.34. The van der Waals surface area contributed by atoms with E-state index in [1.807, 2.05) is 0 Å². The Morgan fingerprint density at radius 2 is 2.29 bits per heavy atom. The number of amides is 1. The third-order valence-electron chi connectivity index (χ3n) is 2.55. The molecule has 0 aliphatic rings. The van der Waals surface area contributed by atoms with Crippen molar-refractivity contribution in [1.82, 2.24) is 14.5 Å². The molecule has 21 heavy (non-hydrogen) atoms. The molecule has 2 aromatic rings. The molecule has 1 amide bonds. The lowest BCUT2D eigenvalue weighted by atomic mass is 10.3. The number of likely N-dealkylation sites (N-methyl/N-ethyl adjacent to an activating group) is 1. The van der Waals surface area contributed by atoms with E-state index in [9.17, 15) is 4.79 Å². The number of hydrogen-bond donors (Lipinski definition) is 1. The lowest BCUT2D eigenvalue weighted by molar-refractivity contribution is 0.0769. The summed E-state index contributed by atoms with van der Waals surface area (Å²) in [4.78, 5) is 13.5. The van der Waals surface area contributed by atoms with Crippen LogP contribution in [-0.4, -0.2) is 40.6 Å². The van der Waals surface area contributed by atoms with Crippen molar-refractivity contribution in [2.45, 2.75) is 0 Å². The summed E-state index contributed by atoms with van der Waals surface area (Å²) in [5.41, 5.74) is 5.80. The highest BCUT2D eigenvalue weighted by molar-refractivity contribution is 7.10. The number of carbonyl (C=O) groups is 1. The molecule has 0 unspecified atom stereocenters. The number of benzene rings is 1. The lowest BCUT2D eigenvalue weighted by Gasteiger charge is -2.16. The molecule has 0 spiro atoms. The fourth-order valence-corrected chi connectivity index (χ4v) is 2.09. The minimum atomic E-state index is -0.272. The molecular weight excluding hydrogens is 335 g/mol. The third kappa shape index (κ3) is 4.73. The maximum absolute atomic E-state index is 12.0. The monoisotopic (exact) mass is 348 g/mol. The van der Waals surface area contributed by atoms with Crippen LogP contribution in [0.15, 0.2) is 24.3 Å². The highest BCUT2D eigenvalue weighted by Gasteiger charge is 2.18. The second kappa shape index (κ2) is 8.02. The second-order valence-corrected chi connectivity index (χ2v) is 5.24. The zero-order chi connectivity index (χ0) is 14.5. The fourth-order valence-electron chi connectivity index (χ4n) is 1.49. The van der Waals surface area contributed by atoms with Crippen molar-refractivity contribution in [3.63, 3.8) is 0 Å². The maximum atomic E-state index is 12.0. The van der Waals surface area contributed by atoms with E-state index >= 15 is 0 Å². The number of aromatic nitrogens is 2. The summed E-state index contributed by atoms with van der Waals surface area (Å²) in [5.74, 6) is 0.388. The second-order valence-electron chi connectivity index (χ2n) is 4.02. The van der Waals surface area contributed by atoms with Crippen LogP contribution in [0.2, 0.25) is 5.02 Å². The number of halogens is 2. The van der Waals surface area contributed by atoms with Gasteiger partial charge in [0.05, 0.1) is 6.54 Å². The Labute approximate surface area is 137 Å². The standard InChI is InChI=1S/C12H13ClN4O2S.ClH/c1-17(12(18)10-11(14)20-16-15-10)5-6-19-9-4-2-3-8(13)7-9;/h2-4,7H,5-6,14H2,1H3;1H. The summed E-state index contributed by atoms with van der Waals surface area (Å²) in [5, 5.41) is 4.63. The van der Waals surface area contributed by atoms with Gasteiger partial charge in [0, 0.05) is 23.6 Å². The van der Waals surface area contributed by atoms with Gasteiger partial charge in [0.2, 0.25) is 0 Å². The zero-order valence-electron chi connectivity index (χ0n) is 11.2. The summed E-state index contributed by atoms with van der Waals surface area (Å²) in [7, 11) is 1.66. The van der Waals surface area contributed by atoms with Crippen LogP contribution in [0.4, 0.5) is 5.00 Å². The summed E-state index contributed by atoms with van der Waals surface area (Å²) in [6, 6.07) is 7.08. The molecule has 2 N–H and O–H groups in total. The number of nitrogens with zero attached hydrogens (tertiary/aromatic N) is 3. The first-order valence-electron chi connectivity index (χ1n) is 5.79. The predicted octanol–water partition coefficient (Wildman–Crippen LogP) is 2.35. The molecule has 0 saturated carbocycles. The topological polar surface area (TPSA) is 81.3 Å². The molecule has 9 heteroatoms. The summed E-state index contributed by atoms with van der Waals surface area (Å²) in [6.45, 7) is 0.752. The van der Waals surface area contributed by atoms with Crippen molar-refractivity contribution in [3.8, 4) is 5.75 Å². The number of carbonyl (C=O) groups excluding carboxylic acids is 1. The number of anilines is 1. The predicted molar refractivity (Wildman–Crippen MR) is 85.5 cm³/mol. The molecule has 0 aliphatic heterocycles. The van der Waals surface area contributed by atoms with Crippen molar-refractivity contribution < 1.29 is 9.53 Å². The van der Waals surface area contributed by atoms with Gasteiger partial charge in [-0.1, -0.05) is 22.2 Å².